The fourth-order valence-corrected chi connectivity index (χ4v) is 3.63. The van der Waals surface area contributed by atoms with Gasteiger partial charge < -0.3 is 24.5 Å². The second kappa shape index (κ2) is 8.02. The van der Waals surface area contributed by atoms with Gasteiger partial charge in [-0.05, 0) is 39.8 Å². The Bertz CT molecular complexity index is 1080. The number of aromatic nitrogens is 3. The van der Waals surface area contributed by atoms with Crippen molar-refractivity contribution in [2.24, 2.45) is 0 Å². The van der Waals surface area contributed by atoms with Crippen LogP contribution >= 0.6 is 11.6 Å². The summed E-state index contributed by atoms with van der Waals surface area (Å²) in [5.41, 5.74) is 0.221. The van der Waals surface area contributed by atoms with Crippen molar-refractivity contribution in [1.82, 2.24) is 20.3 Å². The fraction of sp³-hybridized carbons (Fsp3) is 0.381. The first-order valence-electron chi connectivity index (χ1n) is 9.31. The molecule has 2 N–H and O–H groups in total. The number of nitrogens with one attached hydrogen (secondary N) is 2. The summed E-state index contributed by atoms with van der Waals surface area (Å²) in [7, 11) is 3.04. The molecule has 0 aliphatic carbocycles. The number of hydrogen-bond acceptors (Lipinski definition) is 6. The van der Waals surface area contributed by atoms with Crippen LogP contribution in [0.25, 0.3) is 11.0 Å². The van der Waals surface area contributed by atoms with Gasteiger partial charge in [0.2, 0.25) is 0 Å². The van der Waals surface area contributed by atoms with Gasteiger partial charge in [0, 0.05) is 17.8 Å². The van der Waals surface area contributed by atoms with Crippen LogP contribution in [0.2, 0.25) is 5.02 Å². The van der Waals surface area contributed by atoms with Crippen molar-refractivity contribution in [3.05, 3.63) is 47.0 Å². The lowest BCUT2D eigenvalue weighted by Gasteiger charge is -2.33. The molecule has 8 nitrogen and oxygen atoms in total. The van der Waals surface area contributed by atoms with Crippen molar-refractivity contribution < 1.29 is 19.0 Å². The van der Waals surface area contributed by atoms with Crippen LogP contribution < -0.4 is 14.8 Å². The zero-order valence-corrected chi connectivity index (χ0v) is 18.5. The fourth-order valence-electron chi connectivity index (χ4n) is 3.25. The van der Waals surface area contributed by atoms with Crippen LogP contribution in [-0.4, -0.2) is 40.8 Å². The number of methoxy groups -OCH3 is 2. The number of halogens is 1. The molecule has 160 valence electrons. The summed E-state index contributed by atoms with van der Waals surface area (Å²) in [6.07, 6.45) is 2.54. The molecule has 0 saturated heterocycles. The number of alkyl carbamates (subject to hydrolysis) is 1. The minimum absolute atomic E-state index is 0.298. The maximum absolute atomic E-state index is 12.8. The summed E-state index contributed by atoms with van der Waals surface area (Å²) < 4.78 is 16.9. The Labute approximate surface area is 179 Å². The third-order valence-corrected chi connectivity index (χ3v) is 4.82. The molecular weight excluding hydrogens is 408 g/mol. The van der Waals surface area contributed by atoms with Crippen molar-refractivity contribution >= 4 is 28.7 Å². The molecule has 0 aliphatic heterocycles. The van der Waals surface area contributed by atoms with Crippen LogP contribution in [-0.2, 0) is 10.3 Å². The topological polar surface area (TPSA) is 98.4 Å². The molecule has 1 aromatic carbocycles. The number of aromatic amines is 1. The van der Waals surface area contributed by atoms with Crippen molar-refractivity contribution in [2.45, 2.75) is 38.8 Å². The minimum Gasteiger partial charge on any atom is -0.497 e. The number of pyridine rings is 1. The van der Waals surface area contributed by atoms with Gasteiger partial charge in [-0.2, -0.15) is 0 Å². The highest BCUT2D eigenvalue weighted by Crippen LogP contribution is 2.45. The van der Waals surface area contributed by atoms with Gasteiger partial charge in [-0.15, -0.1) is 0 Å². The van der Waals surface area contributed by atoms with Crippen LogP contribution in [0.4, 0.5) is 4.79 Å². The van der Waals surface area contributed by atoms with Crippen molar-refractivity contribution in [1.29, 1.82) is 0 Å². The molecule has 0 bridgehead atoms. The molecule has 0 fully saturated rings. The second-order valence-corrected chi connectivity index (χ2v) is 8.35. The largest absolute Gasteiger partial charge is 0.497 e. The maximum Gasteiger partial charge on any atom is 0.408 e. The Morgan fingerprint density at radius 1 is 1.13 bits per heavy atom. The Kier molecular flexibility index (Phi) is 5.81. The number of imidazole rings is 1. The number of nitrogens with zero attached hydrogens (tertiary/aromatic N) is 2. The zero-order chi connectivity index (χ0) is 22.1. The van der Waals surface area contributed by atoms with E-state index in [4.69, 9.17) is 25.8 Å². The number of ether oxygens (including phenoxy) is 3. The van der Waals surface area contributed by atoms with Gasteiger partial charge in [0.25, 0.3) is 0 Å². The summed E-state index contributed by atoms with van der Waals surface area (Å²) in [4.78, 5) is 24.8. The first-order valence-corrected chi connectivity index (χ1v) is 9.68. The van der Waals surface area contributed by atoms with Gasteiger partial charge in [0.05, 0.1) is 36.6 Å². The smallest absolute Gasteiger partial charge is 0.408 e. The number of carbonyl (C=O) groups excluding carboxylic acids is 1. The highest BCUT2D eigenvalue weighted by Gasteiger charge is 2.42. The van der Waals surface area contributed by atoms with Crippen LogP contribution in [0, 0.1) is 0 Å². The summed E-state index contributed by atoms with van der Waals surface area (Å²) in [6.45, 7) is 7.29. The predicted octanol–water partition coefficient (Wildman–Crippen LogP) is 4.42. The maximum atomic E-state index is 12.8. The number of carbonyl (C=O) groups is 1. The zero-order valence-electron chi connectivity index (χ0n) is 17.8. The number of amides is 1. The van der Waals surface area contributed by atoms with Gasteiger partial charge in [0.1, 0.15) is 22.7 Å². The Balaban J connectivity index is 2.26. The Hall–Kier alpha value is -3.00. The van der Waals surface area contributed by atoms with E-state index in [9.17, 15) is 4.79 Å². The first-order chi connectivity index (χ1) is 14.1. The molecule has 1 atom stereocenters. The second-order valence-electron chi connectivity index (χ2n) is 7.94. The molecular formula is C21H25ClN4O4. The molecule has 0 radical (unpaired) electrons. The molecule has 1 amide bonds. The molecule has 0 saturated carbocycles. The van der Waals surface area contributed by atoms with E-state index >= 15 is 0 Å². The van der Waals surface area contributed by atoms with Crippen LogP contribution in [0.3, 0.4) is 0 Å². The van der Waals surface area contributed by atoms with E-state index in [2.05, 4.69) is 20.3 Å². The van der Waals surface area contributed by atoms with Crippen molar-refractivity contribution in [2.75, 3.05) is 14.2 Å². The molecule has 2 aromatic heterocycles. The molecule has 3 aromatic rings. The molecule has 30 heavy (non-hydrogen) atoms. The lowest BCUT2D eigenvalue weighted by atomic mass is 9.89. The summed E-state index contributed by atoms with van der Waals surface area (Å²) >= 11 is 6.64. The van der Waals surface area contributed by atoms with E-state index in [1.165, 1.54) is 14.2 Å². The summed E-state index contributed by atoms with van der Waals surface area (Å²) in [5, 5.41) is 3.11. The van der Waals surface area contributed by atoms with Gasteiger partial charge in [-0.3, -0.25) is 4.98 Å². The van der Waals surface area contributed by atoms with Crippen LogP contribution in [0.5, 0.6) is 11.5 Å². The average molecular weight is 433 g/mol. The molecule has 2 heterocycles. The van der Waals surface area contributed by atoms with Crippen LogP contribution in [0.15, 0.2) is 30.7 Å². The lowest BCUT2D eigenvalue weighted by Crippen LogP contribution is -2.45. The number of H-pyrrole nitrogens is 1. The number of benzene rings is 1. The monoisotopic (exact) mass is 432 g/mol. The highest BCUT2D eigenvalue weighted by molar-refractivity contribution is 6.32. The van der Waals surface area contributed by atoms with E-state index in [-0.39, 0.29) is 0 Å². The number of fused-ring (bicyclic) bond motifs is 1. The Morgan fingerprint density at radius 2 is 1.87 bits per heavy atom. The van der Waals surface area contributed by atoms with E-state index < -0.39 is 17.2 Å². The van der Waals surface area contributed by atoms with Crippen molar-refractivity contribution in [3.8, 4) is 11.5 Å². The van der Waals surface area contributed by atoms with E-state index in [0.29, 0.717) is 33.3 Å². The summed E-state index contributed by atoms with van der Waals surface area (Å²) in [5.74, 6) is 0.896. The Morgan fingerprint density at radius 3 is 2.50 bits per heavy atom. The quantitative estimate of drug-likeness (QED) is 0.619. The molecule has 9 heteroatoms. The third kappa shape index (κ3) is 4.14. The van der Waals surface area contributed by atoms with Gasteiger partial charge in [0.15, 0.2) is 5.60 Å². The van der Waals surface area contributed by atoms with Gasteiger partial charge >= 0.3 is 6.09 Å². The molecule has 3 rings (SSSR count). The van der Waals surface area contributed by atoms with Gasteiger partial charge in [-0.1, -0.05) is 11.6 Å². The minimum atomic E-state index is -1.42. The van der Waals surface area contributed by atoms with E-state index in [1.807, 2.05) is 20.8 Å². The SMILES string of the molecule is COc1cc(Cl)c(C(C)(OC(=O)NC(C)(C)C)c2nccc3[nH]cnc23)c(OC)c1. The number of hydrogen-bond donors (Lipinski definition) is 2. The lowest BCUT2D eigenvalue weighted by molar-refractivity contribution is 0.0440. The summed E-state index contributed by atoms with van der Waals surface area (Å²) in [6, 6.07) is 5.09. The third-order valence-electron chi connectivity index (χ3n) is 4.52. The molecule has 0 aliphatic rings. The van der Waals surface area contributed by atoms with Crippen LogP contribution in [0.1, 0.15) is 39.0 Å². The van der Waals surface area contributed by atoms with Gasteiger partial charge in [-0.25, -0.2) is 9.78 Å². The standard InChI is InChI=1S/C21H25ClN4O4/c1-20(2,3)26-19(27)30-21(4,18-17-14(7-8-23-18)24-11-25-17)16-13(22)9-12(28-5)10-15(16)29-6/h7-11H,1-6H3,(H,24,25)(H,26,27). The normalized spacial score (nSPS) is 13.6. The first kappa shape index (κ1) is 21.7. The number of rotatable bonds is 5. The molecule has 1 unspecified atom stereocenters. The van der Waals surface area contributed by atoms with E-state index in [1.54, 1.807) is 37.6 Å². The average Bonchev–Trinajstić information content (AvgIpc) is 3.13. The van der Waals surface area contributed by atoms with Crippen molar-refractivity contribution in [3.63, 3.8) is 0 Å². The predicted molar refractivity (Wildman–Crippen MR) is 114 cm³/mol. The van der Waals surface area contributed by atoms with E-state index in [0.717, 1.165) is 5.52 Å². The molecule has 0 spiro atoms. The highest BCUT2D eigenvalue weighted by atomic mass is 35.5.